The number of hydrogen-bond acceptors (Lipinski definition) is 7. The lowest BCUT2D eigenvalue weighted by atomic mass is 10.2. The van der Waals surface area contributed by atoms with E-state index in [0.29, 0.717) is 29.1 Å². The largest absolute Gasteiger partial charge is 0.351 e. The van der Waals surface area contributed by atoms with E-state index >= 15 is 0 Å². The summed E-state index contributed by atoms with van der Waals surface area (Å²) in [6, 6.07) is 5.84. The molecular formula is C21H25FN6O2S2. The number of halogens is 1. The van der Waals surface area contributed by atoms with Crippen LogP contribution in [0, 0.1) is 19.7 Å². The molecule has 8 nitrogen and oxygen atoms in total. The molecule has 1 aromatic carbocycles. The smallest absolute Gasteiger partial charge is 0.254 e. The first-order chi connectivity index (χ1) is 15.3. The lowest BCUT2D eigenvalue weighted by Crippen LogP contribution is -2.27. The molecule has 3 rings (SSSR count). The molecule has 3 aromatic rings. The Morgan fingerprint density at radius 3 is 2.66 bits per heavy atom. The molecule has 0 aliphatic carbocycles. The molecule has 0 saturated heterocycles. The van der Waals surface area contributed by atoms with Gasteiger partial charge in [-0.25, -0.2) is 9.37 Å². The van der Waals surface area contributed by atoms with Gasteiger partial charge in [-0.15, -0.1) is 21.5 Å². The molecule has 2 heterocycles. The number of nitrogens with zero attached hydrogens (tertiary/aromatic N) is 4. The van der Waals surface area contributed by atoms with Gasteiger partial charge in [0.05, 0.1) is 16.5 Å². The van der Waals surface area contributed by atoms with Gasteiger partial charge in [-0.2, -0.15) is 0 Å². The Bertz CT molecular complexity index is 1090. The quantitative estimate of drug-likeness (QED) is 0.458. The Hall–Kier alpha value is -2.79. The van der Waals surface area contributed by atoms with Crippen LogP contribution < -0.4 is 10.6 Å². The Balaban J connectivity index is 1.57. The zero-order valence-corrected chi connectivity index (χ0v) is 19.9. The van der Waals surface area contributed by atoms with Crippen LogP contribution in [0.1, 0.15) is 40.6 Å². The van der Waals surface area contributed by atoms with Crippen molar-refractivity contribution in [1.29, 1.82) is 0 Å². The third kappa shape index (κ3) is 5.71. The van der Waals surface area contributed by atoms with Crippen molar-refractivity contribution in [2.75, 3.05) is 11.9 Å². The predicted molar refractivity (Wildman–Crippen MR) is 124 cm³/mol. The Morgan fingerprint density at radius 2 is 2.00 bits per heavy atom. The second-order valence-electron chi connectivity index (χ2n) is 7.04. The van der Waals surface area contributed by atoms with E-state index in [0.717, 1.165) is 10.6 Å². The van der Waals surface area contributed by atoms with E-state index in [1.807, 2.05) is 25.3 Å². The fourth-order valence-electron chi connectivity index (χ4n) is 2.88. The second-order valence-corrected chi connectivity index (χ2v) is 9.55. The number of thiazole rings is 1. The van der Waals surface area contributed by atoms with Gasteiger partial charge in [-0.3, -0.25) is 9.59 Å². The molecular weight excluding hydrogens is 451 g/mol. The van der Waals surface area contributed by atoms with Crippen molar-refractivity contribution in [1.82, 2.24) is 25.1 Å². The highest BCUT2D eigenvalue weighted by Gasteiger charge is 2.21. The molecule has 0 unspecified atom stereocenters. The van der Waals surface area contributed by atoms with Crippen molar-refractivity contribution in [2.45, 2.75) is 51.1 Å². The van der Waals surface area contributed by atoms with E-state index in [2.05, 4.69) is 25.8 Å². The zero-order chi connectivity index (χ0) is 23.3. The molecule has 0 fully saturated rings. The van der Waals surface area contributed by atoms with Crippen molar-refractivity contribution in [3.05, 3.63) is 52.0 Å². The molecule has 11 heteroatoms. The van der Waals surface area contributed by atoms with Gasteiger partial charge >= 0.3 is 0 Å². The highest BCUT2D eigenvalue weighted by atomic mass is 32.2. The summed E-state index contributed by atoms with van der Waals surface area (Å²) in [4.78, 5) is 30.1. The molecule has 0 aliphatic rings. The van der Waals surface area contributed by atoms with Crippen LogP contribution in [0.5, 0.6) is 0 Å². The zero-order valence-electron chi connectivity index (χ0n) is 18.3. The highest BCUT2D eigenvalue weighted by molar-refractivity contribution is 8.00. The number of thioether (sulfide) groups is 1. The average Bonchev–Trinajstić information content (AvgIpc) is 3.29. The third-order valence-corrected chi connectivity index (χ3v) is 6.84. The van der Waals surface area contributed by atoms with E-state index in [1.54, 1.807) is 13.0 Å². The Labute approximate surface area is 194 Å². The van der Waals surface area contributed by atoms with E-state index in [9.17, 15) is 14.0 Å². The summed E-state index contributed by atoms with van der Waals surface area (Å²) >= 11 is 2.76. The van der Waals surface area contributed by atoms with Gasteiger partial charge in [0.25, 0.3) is 5.91 Å². The first-order valence-corrected chi connectivity index (χ1v) is 11.9. The molecule has 0 aliphatic heterocycles. The van der Waals surface area contributed by atoms with Crippen LogP contribution in [-0.4, -0.2) is 43.4 Å². The number of carbonyl (C=O) groups is 2. The minimum absolute atomic E-state index is 0.00570. The minimum atomic E-state index is -0.559. The normalized spacial score (nSPS) is 11.9. The lowest BCUT2D eigenvalue weighted by Gasteiger charge is -2.12. The topological polar surface area (TPSA) is 102 Å². The maximum atomic E-state index is 13.7. The van der Waals surface area contributed by atoms with Crippen LogP contribution in [0.15, 0.2) is 29.4 Å². The molecule has 0 spiro atoms. The van der Waals surface area contributed by atoms with E-state index < -0.39 is 17.0 Å². The fourth-order valence-corrected chi connectivity index (χ4v) is 4.63. The maximum absolute atomic E-state index is 13.7. The van der Waals surface area contributed by atoms with Crippen LogP contribution >= 0.6 is 23.1 Å². The number of hydrogen-bond donors (Lipinski definition) is 2. The standard InChI is InChI=1S/C21H25FN6O2S2/c1-5-28-17(10-11-23-19(30)15-8-6-7-9-16(15)22)26-27-21(28)32-14(4)18(29)25-20-24-12(2)13(3)31-20/h6-9,14H,5,10-11H2,1-4H3,(H,23,30)(H,24,25,29)/t14-/m1/s1. The first-order valence-electron chi connectivity index (χ1n) is 10.2. The van der Waals surface area contributed by atoms with E-state index in [4.69, 9.17) is 0 Å². The second kappa shape index (κ2) is 10.7. The molecule has 2 N–H and O–H groups in total. The highest BCUT2D eigenvalue weighted by Crippen LogP contribution is 2.26. The summed E-state index contributed by atoms with van der Waals surface area (Å²) in [6.45, 7) is 8.53. The molecule has 170 valence electrons. The molecule has 0 radical (unpaired) electrons. The number of carbonyl (C=O) groups excluding carboxylic acids is 2. The molecule has 32 heavy (non-hydrogen) atoms. The van der Waals surface area contributed by atoms with Gasteiger partial charge in [0.2, 0.25) is 5.91 Å². The summed E-state index contributed by atoms with van der Waals surface area (Å²) in [6.07, 6.45) is 0.430. The third-order valence-electron chi connectivity index (χ3n) is 4.77. The van der Waals surface area contributed by atoms with Crippen molar-refractivity contribution in [3.63, 3.8) is 0 Å². The summed E-state index contributed by atoms with van der Waals surface area (Å²) in [5.74, 6) is -0.510. The summed E-state index contributed by atoms with van der Waals surface area (Å²) in [7, 11) is 0. The summed E-state index contributed by atoms with van der Waals surface area (Å²) in [5.41, 5.74) is 0.911. The lowest BCUT2D eigenvalue weighted by molar-refractivity contribution is -0.115. The van der Waals surface area contributed by atoms with Crippen molar-refractivity contribution in [2.24, 2.45) is 0 Å². The number of aromatic nitrogens is 4. The number of aryl methyl sites for hydroxylation is 2. The summed E-state index contributed by atoms with van der Waals surface area (Å²) < 4.78 is 15.6. The number of rotatable bonds is 9. The van der Waals surface area contributed by atoms with Crippen LogP contribution in [0.3, 0.4) is 0 Å². The van der Waals surface area contributed by atoms with Crippen LogP contribution in [-0.2, 0) is 17.8 Å². The fraction of sp³-hybridized carbons (Fsp3) is 0.381. The Kier molecular flexibility index (Phi) is 7.97. The maximum Gasteiger partial charge on any atom is 0.254 e. The van der Waals surface area contributed by atoms with Gasteiger partial charge in [-0.05, 0) is 39.8 Å². The minimum Gasteiger partial charge on any atom is -0.351 e. The molecule has 0 bridgehead atoms. The van der Waals surface area contributed by atoms with Crippen molar-refractivity contribution >= 4 is 40.0 Å². The predicted octanol–water partition coefficient (Wildman–Crippen LogP) is 3.60. The van der Waals surface area contributed by atoms with Gasteiger partial charge in [0, 0.05) is 24.4 Å². The molecule has 2 aromatic heterocycles. The average molecular weight is 477 g/mol. The van der Waals surface area contributed by atoms with Crippen LogP contribution in [0.25, 0.3) is 0 Å². The SMILES string of the molecule is CCn1c(CCNC(=O)c2ccccc2F)nnc1S[C@H](C)C(=O)Nc1nc(C)c(C)s1. The van der Waals surface area contributed by atoms with Crippen molar-refractivity contribution in [3.8, 4) is 0 Å². The number of benzene rings is 1. The van der Waals surface area contributed by atoms with Crippen molar-refractivity contribution < 1.29 is 14.0 Å². The monoisotopic (exact) mass is 476 g/mol. The van der Waals surface area contributed by atoms with Crippen LogP contribution in [0.4, 0.5) is 9.52 Å². The first kappa shape index (κ1) is 23.9. The molecule has 2 amide bonds. The number of anilines is 1. The van der Waals surface area contributed by atoms with Gasteiger partial charge in [0.1, 0.15) is 11.6 Å². The van der Waals surface area contributed by atoms with Gasteiger partial charge in [-0.1, -0.05) is 23.9 Å². The number of nitrogens with one attached hydrogen (secondary N) is 2. The Morgan fingerprint density at radius 1 is 1.25 bits per heavy atom. The molecule has 1 atom stereocenters. The van der Waals surface area contributed by atoms with Gasteiger partial charge < -0.3 is 15.2 Å². The van der Waals surface area contributed by atoms with Crippen LogP contribution in [0.2, 0.25) is 0 Å². The molecule has 0 saturated carbocycles. The van der Waals surface area contributed by atoms with E-state index in [1.165, 1.54) is 41.3 Å². The van der Waals surface area contributed by atoms with Gasteiger partial charge in [0.15, 0.2) is 10.3 Å². The van der Waals surface area contributed by atoms with E-state index in [-0.39, 0.29) is 18.0 Å². The summed E-state index contributed by atoms with van der Waals surface area (Å²) in [5, 5.41) is 14.8. The number of amides is 2.